The quantitative estimate of drug-likeness (QED) is 0.317. The van der Waals surface area contributed by atoms with Gasteiger partial charge in [-0.3, -0.25) is 4.90 Å². The number of phenolic OH excluding ortho intramolecular Hbond substituents is 1. The molecular weight excluding hydrogens is 457 g/mol. The highest BCUT2D eigenvalue weighted by molar-refractivity contribution is 5.88. The molecule has 0 atom stereocenters. The molecule has 5 rings (SSSR count). The molecule has 0 aliphatic carbocycles. The summed E-state index contributed by atoms with van der Waals surface area (Å²) in [6.45, 7) is 3.88. The number of phenols is 1. The predicted octanol–water partition coefficient (Wildman–Crippen LogP) is 6.15. The largest absolute Gasteiger partial charge is 0.508 e. The van der Waals surface area contributed by atoms with Gasteiger partial charge in [0.25, 0.3) is 0 Å². The van der Waals surface area contributed by atoms with Crippen LogP contribution in [0.3, 0.4) is 0 Å². The van der Waals surface area contributed by atoms with Crippen molar-refractivity contribution in [2.75, 3.05) is 26.2 Å². The minimum absolute atomic E-state index is 0.0211. The third-order valence-electron chi connectivity index (χ3n) is 6.81. The van der Waals surface area contributed by atoms with Crippen molar-refractivity contribution in [3.8, 4) is 22.6 Å². The van der Waals surface area contributed by atoms with Crippen LogP contribution < -0.4 is 10.4 Å². The van der Waals surface area contributed by atoms with Crippen molar-refractivity contribution in [1.29, 1.82) is 0 Å². The fourth-order valence-electron chi connectivity index (χ4n) is 4.91. The highest BCUT2D eigenvalue weighted by Crippen LogP contribution is 2.31. The third kappa shape index (κ3) is 5.60. The molecule has 2 heterocycles. The van der Waals surface area contributed by atoms with Gasteiger partial charge in [0.15, 0.2) is 0 Å². The van der Waals surface area contributed by atoms with E-state index in [9.17, 15) is 14.3 Å². The number of rotatable bonds is 7. The minimum atomic E-state index is -0.525. The average molecular weight is 488 g/mol. The molecule has 0 bridgehead atoms. The van der Waals surface area contributed by atoms with Crippen LogP contribution in [0, 0.1) is 5.82 Å². The fourth-order valence-corrected chi connectivity index (χ4v) is 4.91. The van der Waals surface area contributed by atoms with Gasteiger partial charge in [-0.1, -0.05) is 37.1 Å². The zero-order valence-corrected chi connectivity index (χ0v) is 20.2. The van der Waals surface area contributed by atoms with E-state index < -0.39 is 5.63 Å². The van der Waals surface area contributed by atoms with Gasteiger partial charge in [-0.25, -0.2) is 9.18 Å². The molecule has 0 saturated carbocycles. The maximum atomic E-state index is 13.6. The summed E-state index contributed by atoms with van der Waals surface area (Å²) in [5.74, 6) is 0.462. The number of fused-ring (bicyclic) bond motifs is 1. The Morgan fingerprint density at radius 2 is 1.64 bits per heavy atom. The van der Waals surface area contributed by atoms with Crippen LogP contribution in [0.1, 0.15) is 36.8 Å². The molecule has 4 aromatic rings. The van der Waals surface area contributed by atoms with Crippen molar-refractivity contribution >= 4 is 11.0 Å². The molecule has 0 unspecified atom stereocenters. The van der Waals surface area contributed by atoms with E-state index in [1.807, 2.05) is 24.3 Å². The molecule has 1 N–H and O–H groups in total. The highest BCUT2D eigenvalue weighted by Gasteiger charge is 2.18. The Morgan fingerprint density at radius 1 is 0.917 bits per heavy atom. The number of hydrogen-bond acceptors (Lipinski definition) is 5. The lowest BCUT2D eigenvalue weighted by atomic mass is 9.93. The van der Waals surface area contributed by atoms with Crippen LogP contribution in [0.15, 0.2) is 75.9 Å². The Kier molecular flexibility index (Phi) is 7.33. The summed E-state index contributed by atoms with van der Waals surface area (Å²) in [5.41, 5.74) is 2.54. The van der Waals surface area contributed by atoms with Crippen molar-refractivity contribution in [3.63, 3.8) is 0 Å². The highest BCUT2D eigenvalue weighted by atomic mass is 19.1. The molecule has 36 heavy (non-hydrogen) atoms. The second kappa shape index (κ2) is 11.0. The lowest BCUT2D eigenvalue weighted by Gasteiger charge is -2.19. The summed E-state index contributed by atoms with van der Waals surface area (Å²) >= 11 is 0. The van der Waals surface area contributed by atoms with E-state index in [0.29, 0.717) is 29.7 Å². The maximum absolute atomic E-state index is 13.6. The first-order chi connectivity index (χ1) is 17.6. The lowest BCUT2D eigenvalue weighted by molar-refractivity contribution is 0.214. The van der Waals surface area contributed by atoms with E-state index in [1.165, 1.54) is 43.9 Å². The molecule has 0 amide bonds. The van der Waals surface area contributed by atoms with Crippen molar-refractivity contribution < 1.29 is 18.7 Å². The smallest absolute Gasteiger partial charge is 0.344 e. The summed E-state index contributed by atoms with van der Waals surface area (Å²) in [5, 5.41) is 10.6. The molecule has 1 fully saturated rings. The molecule has 5 nitrogen and oxygen atoms in total. The summed E-state index contributed by atoms with van der Waals surface area (Å²) < 4.78 is 25.1. The number of nitrogens with zero attached hydrogens (tertiary/aromatic N) is 1. The van der Waals surface area contributed by atoms with Gasteiger partial charge in [-0.05, 0) is 85.4 Å². The fraction of sp³-hybridized carbons (Fsp3) is 0.300. The number of hydrogen-bond donors (Lipinski definition) is 1. The topological polar surface area (TPSA) is 62.9 Å². The third-order valence-corrected chi connectivity index (χ3v) is 6.81. The summed E-state index contributed by atoms with van der Waals surface area (Å²) in [4.78, 5) is 15.5. The van der Waals surface area contributed by atoms with Gasteiger partial charge >= 0.3 is 5.63 Å². The van der Waals surface area contributed by atoms with Crippen LogP contribution >= 0.6 is 0 Å². The van der Waals surface area contributed by atoms with E-state index in [4.69, 9.17) is 9.15 Å². The Morgan fingerprint density at radius 3 is 2.36 bits per heavy atom. The van der Waals surface area contributed by atoms with Gasteiger partial charge in [0.2, 0.25) is 0 Å². The van der Waals surface area contributed by atoms with Crippen molar-refractivity contribution in [1.82, 2.24) is 4.90 Å². The van der Waals surface area contributed by atoms with Gasteiger partial charge < -0.3 is 14.3 Å². The second-order valence-electron chi connectivity index (χ2n) is 9.36. The molecule has 3 aromatic carbocycles. The van der Waals surface area contributed by atoms with Crippen LogP contribution in [0.5, 0.6) is 11.5 Å². The standard InChI is InChI=1S/C30H30FNO4/c31-23-9-7-22(8-10-23)29-27(26-14-11-24(33)20-28(26)36-30(29)34)19-21-5-12-25(13-6-21)35-18-17-32-15-3-1-2-4-16-32/h5-14,20,33H,1-4,15-19H2. The molecular formula is C30H30FNO4. The molecule has 186 valence electrons. The minimum Gasteiger partial charge on any atom is -0.508 e. The summed E-state index contributed by atoms with van der Waals surface area (Å²) in [7, 11) is 0. The number of aromatic hydroxyl groups is 1. The van der Waals surface area contributed by atoms with E-state index >= 15 is 0 Å². The number of ether oxygens (including phenoxy) is 1. The summed E-state index contributed by atoms with van der Waals surface area (Å²) in [6, 6.07) is 18.5. The first kappa shape index (κ1) is 24.1. The van der Waals surface area contributed by atoms with Crippen molar-refractivity contribution in [3.05, 3.63) is 94.1 Å². The van der Waals surface area contributed by atoms with E-state index in [1.54, 1.807) is 24.3 Å². The van der Waals surface area contributed by atoms with Crippen molar-refractivity contribution in [2.45, 2.75) is 32.1 Å². The van der Waals surface area contributed by atoms with E-state index in [2.05, 4.69) is 4.90 Å². The first-order valence-corrected chi connectivity index (χ1v) is 12.6. The van der Waals surface area contributed by atoms with Crippen LogP contribution in [0.25, 0.3) is 22.1 Å². The van der Waals surface area contributed by atoms with Crippen LogP contribution in [0.2, 0.25) is 0 Å². The number of likely N-dealkylation sites (tertiary alicyclic amines) is 1. The first-order valence-electron chi connectivity index (χ1n) is 12.6. The molecule has 1 saturated heterocycles. The van der Waals surface area contributed by atoms with E-state index in [0.717, 1.165) is 41.9 Å². The number of benzene rings is 3. The van der Waals surface area contributed by atoms with Crippen LogP contribution in [-0.2, 0) is 6.42 Å². The van der Waals surface area contributed by atoms with Crippen LogP contribution in [-0.4, -0.2) is 36.2 Å². The molecule has 1 aromatic heterocycles. The average Bonchev–Trinajstić information content (AvgIpc) is 3.15. The Labute approximate surface area is 209 Å². The molecule has 1 aliphatic rings. The van der Waals surface area contributed by atoms with Crippen LogP contribution in [0.4, 0.5) is 4.39 Å². The van der Waals surface area contributed by atoms with Gasteiger partial charge in [0.05, 0.1) is 5.56 Å². The lowest BCUT2D eigenvalue weighted by Crippen LogP contribution is -2.29. The van der Waals surface area contributed by atoms with Gasteiger partial charge in [0, 0.05) is 18.0 Å². The Bertz CT molecular complexity index is 1370. The monoisotopic (exact) mass is 487 g/mol. The van der Waals surface area contributed by atoms with E-state index in [-0.39, 0.29) is 11.6 Å². The van der Waals surface area contributed by atoms with Gasteiger partial charge in [0.1, 0.15) is 29.5 Å². The predicted molar refractivity (Wildman–Crippen MR) is 139 cm³/mol. The molecule has 6 heteroatoms. The number of halogens is 1. The molecule has 0 radical (unpaired) electrons. The molecule has 1 aliphatic heterocycles. The zero-order valence-electron chi connectivity index (χ0n) is 20.2. The Balaban J connectivity index is 1.38. The maximum Gasteiger partial charge on any atom is 0.344 e. The Hall–Kier alpha value is -3.64. The second-order valence-corrected chi connectivity index (χ2v) is 9.36. The summed E-state index contributed by atoms with van der Waals surface area (Å²) in [6.07, 6.45) is 5.64. The van der Waals surface area contributed by atoms with Gasteiger partial charge in [-0.15, -0.1) is 0 Å². The zero-order chi connectivity index (χ0) is 24.9. The van der Waals surface area contributed by atoms with Gasteiger partial charge in [-0.2, -0.15) is 0 Å². The van der Waals surface area contributed by atoms with Crippen molar-refractivity contribution in [2.24, 2.45) is 0 Å². The normalized spacial score (nSPS) is 14.6. The SMILES string of the molecule is O=c1oc2cc(O)ccc2c(Cc2ccc(OCCN3CCCCCC3)cc2)c1-c1ccc(F)cc1. The molecule has 0 spiro atoms.